The molecular formula is C18H11F3N4OS. The predicted molar refractivity (Wildman–Crippen MR) is 92.6 cm³/mol. The summed E-state index contributed by atoms with van der Waals surface area (Å²) in [6.45, 7) is 0. The number of hydrogen-bond donors (Lipinski definition) is 1. The van der Waals surface area contributed by atoms with Gasteiger partial charge in [0.05, 0.1) is 11.6 Å². The van der Waals surface area contributed by atoms with Gasteiger partial charge in [-0.25, -0.2) is 14.2 Å². The maximum atomic E-state index is 13.3. The van der Waals surface area contributed by atoms with Crippen LogP contribution in [0.4, 0.5) is 24.8 Å². The highest BCUT2D eigenvalue weighted by atomic mass is 32.2. The summed E-state index contributed by atoms with van der Waals surface area (Å²) < 4.78 is 52.6. The monoisotopic (exact) mass is 388 g/mol. The minimum absolute atomic E-state index is 0.132. The average Bonchev–Trinajstić information content (AvgIpc) is 2.68. The van der Waals surface area contributed by atoms with Crippen LogP contribution in [-0.2, 0) is 17.0 Å². The van der Waals surface area contributed by atoms with Gasteiger partial charge in [0.25, 0.3) is 0 Å². The molecule has 0 radical (unpaired) electrons. The van der Waals surface area contributed by atoms with E-state index in [1.165, 1.54) is 24.3 Å². The van der Waals surface area contributed by atoms with Gasteiger partial charge >= 0.3 is 6.18 Å². The first kappa shape index (κ1) is 18.5. The molecule has 0 saturated heterocycles. The summed E-state index contributed by atoms with van der Waals surface area (Å²) in [5.74, 6) is -0.132. The summed E-state index contributed by atoms with van der Waals surface area (Å²) in [4.78, 5) is 7.72. The third-order valence-electron chi connectivity index (χ3n) is 3.46. The van der Waals surface area contributed by atoms with Gasteiger partial charge in [0, 0.05) is 16.8 Å². The zero-order valence-corrected chi connectivity index (χ0v) is 14.4. The normalized spacial score (nSPS) is 12.2. The molecule has 136 valence electrons. The molecule has 0 bridgehead atoms. The number of nitriles is 1. The highest BCUT2D eigenvalue weighted by Gasteiger charge is 2.37. The summed E-state index contributed by atoms with van der Waals surface area (Å²) in [6.07, 6.45) is -4.14. The number of benzene rings is 2. The molecule has 0 aliphatic heterocycles. The Morgan fingerprint density at radius 1 is 1.04 bits per heavy atom. The van der Waals surface area contributed by atoms with E-state index in [0.29, 0.717) is 17.4 Å². The fourth-order valence-corrected chi connectivity index (χ4v) is 3.34. The topological polar surface area (TPSA) is 78.7 Å². The van der Waals surface area contributed by atoms with Gasteiger partial charge in [0.15, 0.2) is 0 Å². The van der Waals surface area contributed by atoms with E-state index in [0.717, 1.165) is 0 Å². The molecule has 1 atom stereocenters. The molecule has 0 saturated carbocycles. The van der Waals surface area contributed by atoms with Crippen molar-refractivity contribution >= 4 is 22.4 Å². The lowest BCUT2D eigenvalue weighted by molar-refractivity contribution is -0.140. The Bertz CT molecular complexity index is 1020. The van der Waals surface area contributed by atoms with Gasteiger partial charge in [-0.3, -0.25) is 0 Å². The largest absolute Gasteiger partial charge is 0.420 e. The second-order valence-corrected chi connectivity index (χ2v) is 6.70. The lowest BCUT2D eigenvalue weighted by atomic mass is 10.2. The van der Waals surface area contributed by atoms with Gasteiger partial charge in [-0.15, -0.1) is 0 Å². The Labute approximate surface area is 155 Å². The fourth-order valence-electron chi connectivity index (χ4n) is 2.18. The van der Waals surface area contributed by atoms with E-state index < -0.39 is 27.6 Å². The third-order valence-corrected chi connectivity index (χ3v) is 4.82. The van der Waals surface area contributed by atoms with Crippen molar-refractivity contribution in [2.75, 3.05) is 5.32 Å². The summed E-state index contributed by atoms with van der Waals surface area (Å²) in [5.41, 5.74) is -0.250. The van der Waals surface area contributed by atoms with Crippen molar-refractivity contribution in [2.24, 2.45) is 0 Å². The number of alkyl halides is 3. The molecule has 1 aromatic heterocycles. The average molecular weight is 388 g/mol. The van der Waals surface area contributed by atoms with Crippen LogP contribution in [-0.4, -0.2) is 14.2 Å². The second-order valence-electron chi connectivity index (χ2n) is 5.31. The smallest absolute Gasteiger partial charge is 0.324 e. The minimum Gasteiger partial charge on any atom is -0.324 e. The first-order valence-corrected chi connectivity index (χ1v) is 8.72. The zero-order chi connectivity index (χ0) is 19.4. The number of aromatic nitrogens is 2. The van der Waals surface area contributed by atoms with Gasteiger partial charge in [-0.1, -0.05) is 18.2 Å². The molecular weight excluding hydrogens is 377 g/mol. The van der Waals surface area contributed by atoms with Crippen LogP contribution in [0.2, 0.25) is 0 Å². The minimum atomic E-state index is -4.74. The molecule has 1 heterocycles. The molecule has 2 aromatic carbocycles. The molecule has 27 heavy (non-hydrogen) atoms. The van der Waals surface area contributed by atoms with Crippen LogP contribution in [0, 0.1) is 11.3 Å². The van der Waals surface area contributed by atoms with Crippen LogP contribution in [0.1, 0.15) is 11.1 Å². The molecule has 3 rings (SSSR count). The fraction of sp³-hybridized carbons (Fsp3) is 0.0556. The quantitative estimate of drug-likeness (QED) is 0.675. The number of halogens is 3. The number of nitrogens with one attached hydrogen (secondary N) is 1. The van der Waals surface area contributed by atoms with E-state index in [-0.39, 0.29) is 10.8 Å². The highest BCUT2D eigenvalue weighted by Crippen LogP contribution is 2.34. The van der Waals surface area contributed by atoms with E-state index in [4.69, 9.17) is 5.26 Å². The Hall–Kier alpha value is -3.25. The molecule has 0 aliphatic rings. The Kier molecular flexibility index (Phi) is 5.19. The van der Waals surface area contributed by atoms with Crippen molar-refractivity contribution in [3.05, 3.63) is 71.9 Å². The lowest BCUT2D eigenvalue weighted by Gasteiger charge is -2.13. The standard InChI is InChI=1S/C18H11F3N4OS/c19-18(20,21)15-11-23-17(24-13-8-6-12(10-22)7-9-13)25-16(15)27(26)14-4-2-1-3-5-14/h1-9,11H,(H,23,24,25). The van der Waals surface area contributed by atoms with E-state index in [1.807, 2.05) is 6.07 Å². The van der Waals surface area contributed by atoms with Crippen LogP contribution in [0.5, 0.6) is 0 Å². The molecule has 0 amide bonds. The molecule has 5 nitrogen and oxygen atoms in total. The Morgan fingerprint density at radius 3 is 2.30 bits per heavy atom. The Balaban J connectivity index is 2.00. The molecule has 0 aliphatic carbocycles. The van der Waals surface area contributed by atoms with Crippen LogP contribution in [0.15, 0.2) is 70.7 Å². The zero-order valence-electron chi connectivity index (χ0n) is 13.6. The van der Waals surface area contributed by atoms with Gasteiger partial charge in [0.2, 0.25) is 5.95 Å². The number of nitrogens with zero attached hydrogens (tertiary/aromatic N) is 3. The summed E-state index contributed by atoms with van der Waals surface area (Å²) in [5, 5.41) is 10.9. The predicted octanol–water partition coefficient (Wildman–Crippen LogP) is 4.28. The number of hydrogen-bond acceptors (Lipinski definition) is 5. The van der Waals surface area contributed by atoms with Gasteiger partial charge in [-0.2, -0.15) is 18.4 Å². The van der Waals surface area contributed by atoms with Crippen LogP contribution in [0.25, 0.3) is 0 Å². The molecule has 9 heteroatoms. The number of anilines is 2. The van der Waals surface area contributed by atoms with E-state index in [2.05, 4.69) is 15.3 Å². The third kappa shape index (κ3) is 4.30. The maximum Gasteiger partial charge on any atom is 0.420 e. The van der Waals surface area contributed by atoms with Crippen LogP contribution < -0.4 is 5.32 Å². The molecule has 3 aromatic rings. The maximum absolute atomic E-state index is 13.3. The van der Waals surface area contributed by atoms with Gasteiger partial charge in [-0.05, 0) is 36.4 Å². The SMILES string of the molecule is N#Cc1ccc(Nc2ncc(C(F)(F)F)c(S(=O)c3ccccc3)n2)cc1. The van der Waals surface area contributed by atoms with E-state index in [9.17, 15) is 17.4 Å². The van der Waals surface area contributed by atoms with Gasteiger partial charge in [0.1, 0.15) is 21.4 Å². The molecule has 0 fully saturated rings. The summed E-state index contributed by atoms with van der Waals surface area (Å²) in [7, 11) is -2.13. The molecule has 1 unspecified atom stereocenters. The molecule has 0 spiro atoms. The highest BCUT2D eigenvalue weighted by molar-refractivity contribution is 7.85. The van der Waals surface area contributed by atoms with Crippen molar-refractivity contribution in [3.63, 3.8) is 0 Å². The first-order chi connectivity index (χ1) is 12.9. The van der Waals surface area contributed by atoms with Gasteiger partial charge < -0.3 is 5.32 Å². The summed E-state index contributed by atoms with van der Waals surface area (Å²) >= 11 is 0. The number of rotatable bonds is 4. The summed E-state index contributed by atoms with van der Waals surface area (Å²) in [6, 6.07) is 15.9. The van der Waals surface area contributed by atoms with Crippen molar-refractivity contribution < 1.29 is 17.4 Å². The van der Waals surface area contributed by atoms with Crippen LogP contribution in [0.3, 0.4) is 0 Å². The lowest BCUT2D eigenvalue weighted by Crippen LogP contribution is -2.14. The first-order valence-electron chi connectivity index (χ1n) is 7.57. The van der Waals surface area contributed by atoms with Crippen molar-refractivity contribution in [3.8, 4) is 6.07 Å². The van der Waals surface area contributed by atoms with E-state index >= 15 is 0 Å². The molecule has 1 N–H and O–H groups in total. The van der Waals surface area contributed by atoms with E-state index in [1.54, 1.807) is 30.3 Å². The Morgan fingerprint density at radius 2 is 1.70 bits per heavy atom. The second kappa shape index (κ2) is 7.55. The van der Waals surface area contributed by atoms with Crippen molar-refractivity contribution in [2.45, 2.75) is 16.1 Å². The van der Waals surface area contributed by atoms with Crippen molar-refractivity contribution in [1.82, 2.24) is 9.97 Å². The van der Waals surface area contributed by atoms with Crippen molar-refractivity contribution in [1.29, 1.82) is 5.26 Å². The van der Waals surface area contributed by atoms with Crippen LogP contribution >= 0.6 is 0 Å².